The third-order valence-electron chi connectivity index (χ3n) is 4.42. The average Bonchev–Trinajstić information content (AvgIpc) is 3.01. The minimum atomic E-state index is -4.61. The molecule has 0 saturated heterocycles. The maximum atomic E-state index is 13.4. The number of rotatable bonds is 2. The molecule has 0 atom stereocenters. The predicted molar refractivity (Wildman–Crippen MR) is 98.5 cm³/mol. The van der Waals surface area contributed by atoms with E-state index >= 15 is 0 Å². The molecule has 4 rings (SSSR count). The van der Waals surface area contributed by atoms with Crippen molar-refractivity contribution in [3.8, 4) is 17.6 Å². The van der Waals surface area contributed by atoms with E-state index in [0.29, 0.717) is 30.1 Å². The van der Waals surface area contributed by atoms with Gasteiger partial charge in [0.25, 0.3) is 0 Å². The molecular formula is C18H13F3N6S. The molecule has 0 saturated carbocycles. The summed E-state index contributed by atoms with van der Waals surface area (Å²) < 4.78 is 40.2. The van der Waals surface area contributed by atoms with Crippen molar-refractivity contribution in [2.45, 2.75) is 19.1 Å². The van der Waals surface area contributed by atoms with Crippen LogP contribution in [0.1, 0.15) is 21.7 Å². The van der Waals surface area contributed by atoms with E-state index in [2.05, 4.69) is 21.0 Å². The fourth-order valence-electron chi connectivity index (χ4n) is 3.09. The molecule has 1 aliphatic heterocycles. The third-order valence-corrected chi connectivity index (χ3v) is 5.46. The van der Waals surface area contributed by atoms with Crippen molar-refractivity contribution in [2.24, 2.45) is 0 Å². The second-order valence-electron chi connectivity index (χ2n) is 6.17. The van der Waals surface area contributed by atoms with Gasteiger partial charge in [0.2, 0.25) is 0 Å². The first-order valence-corrected chi connectivity index (χ1v) is 9.11. The quantitative estimate of drug-likeness (QED) is 0.704. The van der Waals surface area contributed by atoms with Gasteiger partial charge in [0.1, 0.15) is 22.6 Å². The Morgan fingerprint density at radius 2 is 2.07 bits per heavy atom. The number of anilines is 2. The molecule has 0 amide bonds. The Kier molecular flexibility index (Phi) is 4.39. The number of nitrogen functional groups attached to an aromatic ring is 1. The highest BCUT2D eigenvalue weighted by Crippen LogP contribution is 2.37. The Labute approximate surface area is 162 Å². The highest BCUT2D eigenvalue weighted by Gasteiger charge is 2.35. The van der Waals surface area contributed by atoms with Crippen LogP contribution in [0.25, 0.3) is 11.5 Å². The molecule has 0 spiro atoms. The molecule has 3 aromatic rings. The van der Waals surface area contributed by atoms with Crippen molar-refractivity contribution < 1.29 is 13.2 Å². The maximum absolute atomic E-state index is 13.4. The Bertz CT molecular complexity index is 1070. The van der Waals surface area contributed by atoms with Gasteiger partial charge in [0, 0.05) is 23.7 Å². The van der Waals surface area contributed by atoms with Crippen LogP contribution in [0.5, 0.6) is 0 Å². The van der Waals surface area contributed by atoms with Crippen molar-refractivity contribution in [1.82, 2.24) is 15.0 Å². The van der Waals surface area contributed by atoms with Crippen LogP contribution in [-0.4, -0.2) is 21.5 Å². The number of nitrogens with two attached hydrogens (primary N) is 1. The molecule has 0 aromatic carbocycles. The number of nitriles is 1. The number of fused-ring (bicyclic) bond motifs is 1. The second-order valence-corrected chi connectivity index (χ2v) is 7.31. The highest BCUT2D eigenvalue weighted by atomic mass is 32.1. The number of alkyl halides is 3. The first-order chi connectivity index (χ1) is 13.4. The Morgan fingerprint density at radius 3 is 2.75 bits per heavy atom. The van der Waals surface area contributed by atoms with Gasteiger partial charge >= 0.3 is 6.18 Å². The van der Waals surface area contributed by atoms with Crippen molar-refractivity contribution in [2.75, 3.05) is 17.2 Å². The largest absolute Gasteiger partial charge is 0.433 e. The predicted octanol–water partition coefficient (Wildman–Crippen LogP) is 3.64. The van der Waals surface area contributed by atoms with E-state index in [4.69, 9.17) is 5.73 Å². The summed E-state index contributed by atoms with van der Waals surface area (Å²) in [4.78, 5) is 14.6. The van der Waals surface area contributed by atoms with E-state index in [0.717, 1.165) is 16.5 Å². The van der Waals surface area contributed by atoms with Crippen LogP contribution in [0.2, 0.25) is 0 Å². The third kappa shape index (κ3) is 3.25. The van der Waals surface area contributed by atoms with Crippen LogP contribution in [0.15, 0.2) is 30.5 Å². The summed E-state index contributed by atoms with van der Waals surface area (Å²) in [7, 11) is 0. The summed E-state index contributed by atoms with van der Waals surface area (Å²) in [6.45, 7) is 0.760. The molecule has 4 heterocycles. The highest BCUT2D eigenvalue weighted by molar-refractivity contribution is 7.16. The van der Waals surface area contributed by atoms with Crippen molar-refractivity contribution in [3.05, 3.63) is 52.2 Å². The zero-order valence-corrected chi connectivity index (χ0v) is 15.2. The van der Waals surface area contributed by atoms with Crippen molar-refractivity contribution in [3.63, 3.8) is 0 Å². The molecular weight excluding hydrogens is 389 g/mol. The zero-order valence-electron chi connectivity index (χ0n) is 14.4. The minimum Gasteiger partial charge on any atom is -0.389 e. The summed E-state index contributed by atoms with van der Waals surface area (Å²) in [6.07, 6.45) is -2.62. The van der Waals surface area contributed by atoms with Gasteiger partial charge in [-0.25, -0.2) is 9.97 Å². The van der Waals surface area contributed by atoms with E-state index in [9.17, 15) is 18.4 Å². The lowest BCUT2D eigenvalue weighted by molar-refractivity contribution is -0.141. The van der Waals surface area contributed by atoms with Crippen LogP contribution in [0, 0.1) is 11.3 Å². The van der Waals surface area contributed by atoms with Crippen LogP contribution in [0.3, 0.4) is 0 Å². The first-order valence-electron chi connectivity index (χ1n) is 8.29. The number of pyridine rings is 1. The number of thiophene rings is 1. The smallest absolute Gasteiger partial charge is 0.389 e. The number of aromatic nitrogens is 3. The fourth-order valence-corrected chi connectivity index (χ4v) is 4.18. The first kappa shape index (κ1) is 18.2. The van der Waals surface area contributed by atoms with Crippen LogP contribution < -0.4 is 10.6 Å². The van der Waals surface area contributed by atoms with Crippen LogP contribution >= 0.6 is 11.3 Å². The molecule has 6 nitrogen and oxygen atoms in total. The standard InChI is InChI=1S/C18H13F3N6S/c19-18(20,21)14-7-15(26-17(25-14)12-3-1-2-5-24-12)27-6-4-10-11(8-22)16(23)28-13(10)9-27/h1-3,5,7H,4,6,9,23H2. The lowest BCUT2D eigenvalue weighted by atomic mass is 10.0. The molecule has 2 N–H and O–H groups in total. The van der Waals surface area contributed by atoms with Crippen LogP contribution in [-0.2, 0) is 19.1 Å². The molecule has 1 aliphatic rings. The summed E-state index contributed by atoms with van der Waals surface area (Å²) in [5.41, 5.74) is 6.47. The average molecular weight is 402 g/mol. The molecule has 0 fully saturated rings. The Hall–Kier alpha value is -3.19. The van der Waals surface area contributed by atoms with Crippen molar-refractivity contribution >= 4 is 22.2 Å². The minimum absolute atomic E-state index is 0.0837. The SMILES string of the molecule is N#Cc1c(N)sc2c1CCN(c1cc(C(F)(F)F)nc(-c3ccccn3)n1)C2. The summed E-state index contributed by atoms with van der Waals surface area (Å²) in [5.74, 6) is 0.0822. The number of hydrogen-bond acceptors (Lipinski definition) is 7. The summed E-state index contributed by atoms with van der Waals surface area (Å²) in [5, 5.41) is 9.68. The number of halogens is 3. The lowest BCUT2D eigenvalue weighted by Crippen LogP contribution is -2.31. The van der Waals surface area contributed by atoms with Gasteiger partial charge in [-0.1, -0.05) is 6.07 Å². The molecule has 0 bridgehead atoms. The van der Waals surface area contributed by atoms with E-state index < -0.39 is 11.9 Å². The monoisotopic (exact) mass is 402 g/mol. The van der Waals surface area contributed by atoms with Gasteiger partial charge in [-0.2, -0.15) is 18.4 Å². The van der Waals surface area contributed by atoms with Gasteiger partial charge < -0.3 is 10.6 Å². The van der Waals surface area contributed by atoms with Crippen LogP contribution in [0.4, 0.5) is 24.0 Å². The lowest BCUT2D eigenvalue weighted by Gasteiger charge is -2.28. The van der Waals surface area contributed by atoms with Gasteiger partial charge in [0.15, 0.2) is 11.5 Å². The molecule has 3 aromatic heterocycles. The van der Waals surface area contributed by atoms with E-state index in [1.54, 1.807) is 23.1 Å². The zero-order chi connectivity index (χ0) is 19.9. The Balaban J connectivity index is 1.76. The molecule has 10 heteroatoms. The molecule has 0 unspecified atom stereocenters. The van der Waals surface area contributed by atoms with Gasteiger partial charge in [0.05, 0.1) is 12.1 Å². The van der Waals surface area contributed by atoms with E-state index in [1.165, 1.54) is 17.5 Å². The van der Waals surface area contributed by atoms with E-state index in [1.807, 2.05) is 0 Å². The topological polar surface area (TPSA) is 91.7 Å². The number of nitrogens with zero attached hydrogens (tertiary/aromatic N) is 5. The Morgan fingerprint density at radius 1 is 1.25 bits per heavy atom. The van der Waals surface area contributed by atoms with Gasteiger partial charge in [-0.3, -0.25) is 4.98 Å². The van der Waals surface area contributed by atoms with E-state index in [-0.39, 0.29) is 17.3 Å². The fraction of sp³-hybridized carbons (Fsp3) is 0.222. The molecule has 0 radical (unpaired) electrons. The molecule has 0 aliphatic carbocycles. The van der Waals surface area contributed by atoms with Gasteiger partial charge in [-0.05, 0) is 24.1 Å². The normalized spacial score (nSPS) is 13.9. The summed E-state index contributed by atoms with van der Waals surface area (Å²) >= 11 is 1.29. The van der Waals surface area contributed by atoms with Gasteiger partial charge in [-0.15, -0.1) is 11.3 Å². The maximum Gasteiger partial charge on any atom is 0.433 e. The second kappa shape index (κ2) is 6.76. The summed E-state index contributed by atoms with van der Waals surface area (Å²) in [6, 6.07) is 7.94. The molecule has 28 heavy (non-hydrogen) atoms. The number of hydrogen-bond donors (Lipinski definition) is 1. The molecule has 142 valence electrons. The van der Waals surface area contributed by atoms with Crippen molar-refractivity contribution in [1.29, 1.82) is 5.26 Å².